The Bertz CT molecular complexity index is 835. The SMILES string of the molecule is C=C1CC2C(CC[C@@]3(CC)C2C2CC2[C@@]32C=CC(=O)O2)[C@H]2CCC(=O)C=C12. The average molecular weight is 364 g/mol. The molecule has 0 aromatic heterocycles. The third kappa shape index (κ3) is 1.80. The van der Waals surface area contributed by atoms with Crippen molar-refractivity contribution >= 4 is 11.8 Å². The number of ketones is 1. The van der Waals surface area contributed by atoms with Gasteiger partial charge in [-0.1, -0.05) is 19.1 Å². The minimum atomic E-state index is -0.334. The van der Waals surface area contributed by atoms with Gasteiger partial charge in [0.15, 0.2) is 5.78 Å². The van der Waals surface area contributed by atoms with E-state index in [2.05, 4.69) is 19.6 Å². The third-order valence-corrected chi connectivity index (χ3v) is 9.40. The van der Waals surface area contributed by atoms with Gasteiger partial charge in [0.2, 0.25) is 0 Å². The molecule has 0 amide bonds. The molecule has 4 saturated carbocycles. The summed E-state index contributed by atoms with van der Waals surface area (Å²) in [6.45, 7) is 6.71. The molecule has 3 heteroatoms. The summed E-state index contributed by atoms with van der Waals surface area (Å²) >= 11 is 0. The molecule has 27 heavy (non-hydrogen) atoms. The lowest BCUT2D eigenvalue weighted by molar-refractivity contribution is -0.171. The van der Waals surface area contributed by atoms with Crippen LogP contribution in [0.3, 0.4) is 0 Å². The molecule has 1 spiro atoms. The van der Waals surface area contributed by atoms with Crippen LogP contribution in [0.5, 0.6) is 0 Å². The molecule has 8 atom stereocenters. The molecule has 0 saturated heterocycles. The average Bonchev–Trinajstić information content (AvgIpc) is 3.30. The molecular weight excluding hydrogens is 336 g/mol. The highest BCUT2D eigenvalue weighted by atomic mass is 16.6. The van der Waals surface area contributed by atoms with Crippen molar-refractivity contribution < 1.29 is 14.3 Å². The summed E-state index contributed by atoms with van der Waals surface area (Å²) in [4.78, 5) is 24.1. The minimum absolute atomic E-state index is 0.108. The summed E-state index contributed by atoms with van der Waals surface area (Å²) < 4.78 is 6.13. The normalized spacial score (nSPS) is 52.0. The number of hydrogen-bond donors (Lipinski definition) is 0. The first-order chi connectivity index (χ1) is 13.0. The molecule has 0 N–H and O–H groups in total. The van der Waals surface area contributed by atoms with Crippen molar-refractivity contribution in [1.29, 1.82) is 0 Å². The smallest absolute Gasteiger partial charge is 0.331 e. The highest BCUT2D eigenvalue weighted by molar-refractivity contribution is 5.92. The largest absolute Gasteiger partial charge is 0.451 e. The van der Waals surface area contributed by atoms with Crippen LogP contribution in [-0.4, -0.2) is 17.4 Å². The predicted octanol–water partition coefficient (Wildman–Crippen LogP) is 4.39. The Labute approximate surface area is 160 Å². The maximum Gasteiger partial charge on any atom is 0.331 e. The second-order valence-electron chi connectivity index (χ2n) is 9.97. The molecule has 1 heterocycles. The van der Waals surface area contributed by atoms with Crippen molar-refractivity contribution in [3.63, 3.8) is 0 Å². The fraction of sp³-hybridized carbons (Fsp3) is 0.667. The number of ether oxygens (including phenoxy) is 1. The summed E-state index contributed by atoms with van der Waals surface area (Å²) in [6, 6.07) is 0. The van der Waals surface area contributed by atoms with Crippen LogP contribution in [0.4, 0.5) is 0 Å². The van der Waals surface area contributed by atoms with Crippen molar-refractivity contribution in [2.24, 2.45) is 40.9 Å². The molecule has 5 aliphatic carbocycles. The first-order valence-corrected chi connectivity index (χ1v) is 10.9. The van der Waals surface area contributed by atoms with E-state index in [0.29, 0.717) is 41.9 Å². The monoisotopic (exact) mass is 364 g/mol. The molecule has 142 valence electrons. The lowest BCUT2D eigenvalue weighted by atomic mass is 9.47. The molecular formula is C24H28O3. The van der Waals surface area contributed by atoms with Gasteiger partial charge >= 0.3 is 5.97 Å². The van der Waals surface area contributed by atoms with Crippen molar-refractivity contribution in [2.45, 2.75) is 57.5 Å². The predicted molar refractivity (Wildman–Crippen MR) is 102 cm³/mol. The van der Waals surface area contributed by atoms with E-state index < -0.39 is 0 Å². The van der Waals surface area contributed by atoms with Gasteiger partial charge in [0.05, 0.1) is 0 Å². The first-order valence-electron chi connectivity index (χ1n) is 10.9. The third-order valence-electron chi connectivity index (χ3n) is 9.40. The van der Waals surface area contributed by atoms with E-state index in [9.17, 15) is 9.59 Å². The van der Waals surface area contributed by atoms with Gasteiger partial charge in [-0.2, -0.15) is 0 Å². The Balaban J connectivity index is 1.43. The summed E-state index contributed by atoms with van der Waals surface area (Å²) in [7, 11) is 0. The topological polar surface area (TPSA) is 43.4 Å². The Kier molecular flexibility index (Phi) is 3.05. The Morgan fingerprint density at radius 1 is 1.22 bits per heavy atom. The van der Waals surface area contributed by atoms with Crippen LogP contribution >= 0.6 is 0 Å². The summed E-state index contributed by atoms with van der Waals surface area (Å²) in [6.07, 6.45) is 13.1. The van der Waals surface area contributed by atoms with E-state index in [1.807, 2.05) is 6.08 Å². The van der Waals surface area contributed by atoms with Crippen LogP contribution in [0.15, 0.2) is 36.0 Å². The molecule has 3 nitrogen and oxygen atoms in total. The van der Waals surface area contributed by atoms with Crippen molar-refractivity contribution in [3.05, 3.63) is 36.0 Å². The number of carbonyl (C=O) groups excluding carboxylic acids is 2. The molecule has 1 aliphatic heterocycles. The zero-order valence-corrected chi connectivity index (χ0v) is 16.1. The molecule has 5 unspecified atom stereocenters. The van der Waals surface area contributed by atoms with Gasteiger partial charge in [0.25, 0.3) is 0 Å². The Morgan fingerprint density at radius 3 is 2.81 bits per heavy atom. The summed E-state index contributed by atoms with van der Waals surface area (Å²) in [5.74, 6) is 3.86. The maximum atomic E-state index is 12.1. The van der Waals surface area contributed by atoms with Crippen molar-refractivity contribution in [1.82, 2.24) is 0 Å². The number of rotatable bonds is 1. The minimum Gasteiger partial charge on any atom is -0.451 e. The highest BCUT2D eigenvalue weighted by Gasteiger charge is 2.78. The highest BCUT2D eigenvalue weighted by Crippen LogP contribution is 2.78. The zero-order chi connectivity index (χ0) is 18.6. The van der Waals surface area contributed by atoms with E-state index in [1.165, 1.54) is 24.0 Å². The quantitative estimate of drug-likeness (QED) is 0.648. The molecule has 0 aromatic carbocycles. The second kappa shape index (κ2) is 5.04. The van der Waals surface area contributed by atoms with Crippen LogP contribution in [0.25, 0.3) is 0 Å². The van der Waals surface area contributed by atoms with E-state index in [4.69, 9.17) is 4.74 Å². The molecule has 6 aliphatic rings. The molecule has 0 radical (unpaired) electrons. The lowest BCUT2D eigenvalue weighted by Gasteiger charge is -2.58. The van der Waals surface area contributed by atoms with Crippen LogP contribution in [0.1, 0.15) is 51.9 Å². The first kappa shape index (κ1) is 16.3. The summed E-state index contributed by atoms with van der Waals surface area (Å²) in [5, 5.41) is 0. The van der Waals surface area contributed by atoms with Crippen molar-refractivity contribution in [3.8, 4) is 0 Å². The van der Waals surface area contributed by atoms with Gasteiger partial charge in [0, 0.05) is 23.8 Å². The standard InChI is InChI=1S/C24H28O3/c1-3-23-8-6-16-15-5-4-14(25)11-17(15)13(2)10-18(16)22(23)19-12-20(19)24(23)9-7-21(26)27-24/h7,9,11,15-16,18-20,22H,2-6,8,10,12H2,1H3/t15-,16?,18?,19?,20?,22?,23+,24+/m1/s1. The maximum absolute atomic E-state index is 12.1. The van der Waals surface area contributed by atoms with Gasteiger partial charge in [-0.3, -0.25) is 4.79 Å². The fourth-order valence-electron chi connectivity index (χ4n) is 8.52. The van der Waals surface area contributed by atoms with E-state index >= 15 is 0 Å². The van der Waals surface area contributed by atoms with E-state index in [-0.39, 0.29) is 22.8 Å². The van der Waals surface area contributed by atoms with E-state index in [1.54, 1.807) is 6.08 Å². The van der Waals surface area contributed by atoms with Crippen LogP contribution in [0, 0.1) is 40.9 Å². The van der Waals surface area contributed by atoms with Gasteiger partial charge in [-0.05, 0) is 85.8 Å². The number of carbonyl (C=O) groups is 2. The molecule has 0 aromatic rings. The van der Waals surface area contributed by atoms with Crippen molar-refractivity contribution in [2.75, 3.05) is 0 Å². The zero-order valence-electron chi connectivity index (χ0n) is 16.1. The number of esters is 1. The number of allylic oxidation sites excluding steroid dienone is 2. The van der Waals surface area contributed by atoms with Crippen LogP contribution in [0.2, 0.25) is 0 Å². The van der Waals surface area contributed by atoms with Crippen LogP contribution < -0.4 is 0 Å². The molecule has 0 bridgehead atoms. The molecule has 4 fully saturated rings. The van der Waals surface area contributed by atoms with E-state index in [0.717, 1.165) is 25.7 Å². The number of fused-ring (bicyclic) bond motifs is 9. The Hall–Kier alpha value is -1.64. The van der Waals surface area contributed by atoms with Gasteiger partial charge in [-0.25, -0.2) is 4.79 Å². The van der Waals surface area contributed by atoms with Crippen LogP contribution in [-0.2, 0) is 14.3 Å². The van der Waals surface area contributed by atoms with Gasteiger partial charge in [0.1, 0.15) is 5.60 Å². The second-order valence-corrected chi connectivity index (χ2v) is 9.97. The number of hydrogen-bond acceptors (Lipinski definition) is 3. The summed E-state index contributed by atoms with van der Waals surface area (Å²) in [5.41, 5.74) is 2.25. The Morgan fingerprint density at radius 2 is 2.07 bits per heavy atom. The molecule has 6 rings (SSSR count). The van der Waals surface area contributed by atoms with Gasteiger partial charge < -0.3 is 4.74 Å². The van der Waals surface area contributed by atoms with Gasteiger partial charge in [-0.15, -0.1) is 0 Å². The fourth-order valence-corrected chi connectivity index (χ4v) is 8.52. The lowest BCUT2D eigenvalue weighted by Crippen LogP contribution is -2.56.